The molecule has 1 aliphatic carbocycles. The minimum absolute atomic E-state index is 0.0245. The molecule has 0 bridgehead atoms. The normalized spacial score (nSPS) is 13.5. The lowest BCUT2D eigenvalue weighted by molar-refractivity contribution is 0.0995. The standard InChI is InChI=1S/C21H17NO3S/c23-20-14-12-18-17(15-7-3-1-4-8-15)11-13-19(21(18)20)22-26(24,25)16-9-5-2-6-10-16/h1-11,13,22H,12,14H2. The molecule has 0 heterocycles. The van der Waals surface area contributed by atoms with E-state index < -0.39 is 10.0 Å². The van der Waals surface area contributed by atoms with Gasteiger partial charge in [-0.1, -0.05) is 54.6 Å². The minimum atomic E-state index is -3.74. The van der Waals surface area contributed by atoms with Crippen molar-refractivity contribution in [3.8, 4) is 11.1 Å². The van der Waals surface area contributed by atoms with Crippen LogP contribution in [0.3, 0.4) is 0 Å². The van der Waals surface area contributed by atoms with Crippen LogP contribution in [0.15, 0.2) is 77.7 Å². The summed E-state index contributed by atoms with van der Waals surface area (Å²) in [5, 5.41) is 0. The average Bonchev–Trinajstić information content (AvgIpc) is 3.06. The monoisotopic (exact) mass is 363 g/mol. The highest BCUT2D eigenvalue weighted by molar-refractivity contribution is 7.92. The van der Waals surface area contributed by atoms with Gasteiger partial charge in [-0.05, 0) is 41.3 Å². The molecule has 0 spiro atoms. The van der Waals surface area contributed by atoms with Crippen LogP contribution in [0.4, 0.5) is 5.69 Å². The third kappa shape index (κ3) is 2.91. The summed E-state index contributed by atoms with van der Waals surface area (Å²) in [6.45, 7) is 0. The highest BCUT2D eigenvalue weighted by atomic mass is 32.2. The van der Waals surface area contributed by atoms with Gasteiger partial charge in [0.2, 0.25) is 0 Å². The first-order valence-electron chi connectivity index (χ1n) is 8.38. The molecule has 1 aliphatic rings. The van der Waals surface area contributed by atoms with Gasteiger partial charge in [-0.15, -0.1) is 0 Å². The van der Waals surface area contributed by atoms with Crippen molar-refractivity contribution in [1.82, 2.24) is 0 Å². The Morgan fingerprint density at radius 3 is 2.12 bits per heavy atom. The molecule has 5 heteroatoms. The van der Waals surface area contributed by atoms with Crippen LogP contribution < -0.4 is 4.72 Å². The van der Waals surface area contributed by atoms with E-state index in [2.05, 4.69) is 4.72 Å². The van der Waals surface area contributed by atoms with E-state index in [4.69, 9.17) is 0 Å². The number of fused-ring (bicyclic) bond motifs is 1. The predicted octanol–water partition coefficient (Wildman–Crippen LogP) is 4.28. The summed E-state index contributed by atoms with van der Waals surface area (Å²) in [6, 6.07) is 21.6. The molecule has 26 heavy (non-hydrogen) atoms. The molecule has 4 nitrogen and oxygen atoms in total. The van der Waals surface area contributed by atoms with Crippen LogP contribution in [-0.4, -0.2) is 14.2 Å². The third-order valence-corrected chi connectivity index (χ3v) is 5.96. The van der Waals surface area contributed by atoms with Crippen LogP contribution in [0.25, 0.3) is 11.1 Å². The lowest BCUT2D eigenvalue weighted by Crippen LogP contribution is -2.15. The molecule has 0 saturated carbocycles. The fraction of sp³-hybridized carbons (Fsp3) is 0.0952. The van der Waals surface area contributed by atoms with E-state index in [1.54, 1.807) is 24.3 Å². The van der Waals surface area contributed by atoms with Crippen LogP contribution >= 0.6 is 0 Å². The first kappa shape index (κ1) is 16.5. The van der Waals surface area contributed by atoms with Crippen molar-refractivity contribution in [2.45, 2.75) is 17.7 Å². The van der Waals surface area contributed by atoms with Crippen molar-refractivity contribution in [1.29, 1.82) is 0 Å². The SMILES string of the molecule is O=C1CCc2c(-c3ccccc3)ccc(NS(=O)(=O)c3ccccc3)c21. The van der Waals surface area contributed by atoms with Crippen molar-refractivity contribution < 1.29 is 13.2 Å². The second kappa shape index (κ2) is 6.42. The number of Topliss-reactive ketones (excluding diaryl/α,β-unsaturated/α-hetero) is 1. The number of nitrogens with one attached hydrogen (secondary N) is 1. The van der Waals surface area contributed by atoms with Crippen LogP contribution in [0, 0.1) is 0 Å². The average molecular weight is 363 g/mol. The fourth-order valence-corrected chi connectivity index (χ4v) is 4.46. The Morgan fingerprint density at radius 2 is 1.42 bits per heavy atom. The van der Waals surface area contributed by atoms with Gasteiger partial charge in [0.15, 0.2) is 5.78 Å². The molecule has 0 amide bonds. The van der Waals surface area contributed by atoms with E-state index in [0.717, 1.165) is 16.7 Å². The first-order chi connectivity index (χ1) is 12.6. The fourth-order valence-electron chi connectivity index (χ4n) is 3.37. The summed E-state index contributed by atoms with van der Waals surface area (Å²) < 4.78 is 27.9. The van der Waals surface area contributed by atoms with E-state index in [1.807, 2.05) is 36.4 Å². The molecule has 0 aliphatic heterocycles. The summed E-state index contributed by atoms with van der Waals surface area (Å²) in [5.74, 6) is -0.0245. The second-order valence-corrected chi connectivity index (χ2v) is 7.90. The Labute approximate surface area is 152 Å². The zero-order chi connectivity index (χ0) is 18.1. The van der Waals surface area contributed by atoms with Crippen LogP contribution in [0.1, 0.15) is 22.3 Å². The summed E-state index contributed by atoms with van der Waals surface area (Å²) in [5.41, 5.74) is 3.76. The number of benzene rings is 3. The molecule has 0 fully saturated rings. The molecule has 3 aromatic carbocycles. The Kier molecular flexibility index (Phi) is 4.09. The molecule has 0 radical (unpaired) electrons. The smallest absolute Gasteiger partial charge is 0.261 e. The van der Waals surface area contributed by atoms with Crippen LogP contribution in [0.5, 0.6) is 0 Å². The molecule has 0 atom stereocenters. The number of ketones is 1. The Bertz CT molecular complexity index is 1070. The van der Waals surface area contributed by atoms with E-state index in [9.17, 15) is 13.2 Å². The van der Waals surface area contributed by atoms with Gasteiger partial charge >= 0.3 is 0 Å². The summed E-state index contributed by atoms with van der Waals surface area (Å²) in [4.78, 5) is 12.6. The quantitative estimate of drug-likeness (QED) is 0.752. The third-order valence-electron chi connectivity index (χ3n) is 4.58. The van der Waals surface area contributed by atoms with E-state index in [-0.39, 0.29) is 10.7 Å². The Morgan fingerprint density at radius 1 is 0.769 bits per heavy atom. The maximum Gasteiger partial charge on any atom is 0.261 e. The first-order valence-corrected chi connectivity index (χ1v) is 9.87. The number of hydrogen-bond acceptors (Lipinski definition) is 3. The molecular formula is C21H17NO3S. The van der Waals surface area contributed by atoms with Crippen molar-refractivity contribution in [3.63, 3.8) is 0 Å². The van der Waals surface area contributed by atoms with Gasteiger partial charge < -0.3 is 0 Å². The zero-order valence-electron chi connectivity index (χ0n) is 14.0. The molecule has 0 aromatic heterocycles. The number of sulfonamides is 1. The number of carbonyl (C=O) groups is 1. The largest absolute Gasteiger partial charge is 0.294 e. The molecular weight excluding hydrogens is 346 g/mol. The maximum absolute atomic E-state index is 12.6. The Hall–Kier alpha value is -2.92. The van der Waals surface area contributed by atoms with E-state index in [0.29, 0.717) is 24.1 Å². The Balaban J connectivity index is 1.80. The predicted molar refractivity (Wildman–Crippen MR) is 102 cm³/mol. The van der Waals surface area contributed by atoms with Gasteiger partial charge in [-0.3, -0.25) is 9.52 Å². The summed E-state index contributed by atoms with van der Waals surface area (Å²) in [6.07, 6.45) is 1.03. The molecule has 0 saturated heterocycles. The van der Waals surface area contributed by atoms with Crippen LogP contribution in [0.2, 0.25) is 0 Å². The van der Waals surface area contributed by atoms with Crippen LogP contribution in [-0.2, 0) is 16.4 Å². The number of hydrogen-bond donors (Lipinski definition) is 1. The van der Waals surface area contributed by atoms with Gasteiger partial charge in [0.1, 0.15) is 0 Å². The van der Waals surface area contributed by atoms with Crippen molar-refractivity contribution >= 4 is 21.5 Å². The highest BCUT2D eigenvalue weighted by Crippen LogP contribution is 2.37. The lowest BCUT2D eigenvalue weighted by atomic mass is 9.96. The second-order valence-electron chi connectivity index (χ2n) is 6.22. The molecule has 3 aromatic rings. The molecule has 1 N–H and O–H groups in total. The maximum atomic E-state index is 12.6. The number of carbonyl (C=O) groups excluding carboxylic acids is 1. The van der Waals surface area contributed by atoms with Crippen molar-refractivity contribution in [3.05, 3.63) is 83.9 Å². The topological polar surface area (TPSA) is 63.2 Å². The molecule has 130 valence electrons. The molecule has 4 rings (SSSR count). The van der Waals surface area contributed by atoms with Gasteiger partial charge in [-0.2, -0.15) is 0 Å². The van der Waals surface area contributed by atoms with Crippen molar-refractivity contribution in [2.75, 3.05) is 4.72 Å². The molecule has 0 unspecified atom stereocenters. The number of rotatable bonds is 4. The van der Waals surface area contributed by atoms with Gasteiger partial charge in [0, 0.05) is 12.0 Å². The lowest BCUT2D eigenvalue weighted by Gasteiger charge is -2.14. The minimum Gasteiger partial charge on any atom is -0.294 e. The van der Waals surface area contributed by atoms with Gasteiger partial charge in [0.25, 0.3) is 10.0 Å². The van der Waals surface area contributed by atoms with E-state index >= 15 is 0 Å². The van der Waals surface area contributed by atoms with E-state index in [1.165, 1.54) is 12.1 Å². The summed E-state index contributed by atoms with van der Waals surface area (Å²) >= 11 is 0. The van der Waals surface area contributed by atoms with Crippen molar-refractivity contribution in [2.24, 2.45) is 0 Å². The van der Waals surface area contributed by atoms with Gasteiger partial charge in [-0.25, -0.2) is 8.42 Å². The highest BCUT2D eigenvalue weighted by Gasteiger charge is 2.28. The van der Waals surface area contributed by atoms with Gasteiger partial charge in [0.05, 0.1) is 10.6 Å². The number of anilines is 1. The summed E-state index contributed by atoms with van der Waals surface area (Å²) in [7, 11) is -3.74. The zero-order valence-corrected chi connectivity index (χ0v) is 14.8.